The fraction of sp³-hybridized carbons (Fsp3) is 0.158. The van der Waals surface area contributed by atoms with Crippen molar-refractivity contribution in [1.82, 2.24) is 4.98 Å². The van der Waals surface area contributed by atoms with Crippen LogP contribution in [0.4, 0.5) is 0 Å². The van der Waals surface area contributed by atoms with Gasteiger partial charge in [-0.05, 0) is 58.8 Å². The maximum Gasteiger partial charge on any atom is 0.175 e. The van der Waals surface area contributed by atoms with Gasteiger partial charge in [0.1, 0.15) is 11.1 Å². The molecule has 126 valence electrons. The average molecular weight is 415 g/mol. The van der Waals surface area contributed by atoms with E-state index in [1.807, 2.05) is 43.3 Å². The first-order chi connectivity index (χ1) is 12.2. The van der Waals surface area contributed by atoms with Crippen molar-refractivity contribution in [3.63, 3.8) is 0 Å². The number of nitriles is 1. The molecule has 0 spiro atoms. The van der Waals surface area contributed by atoms with Gasteiger partial charge in [-0.1, -0.05) is 12.1 Å². The van der Waals surface area contributed by atoms with Crippen LogP contribution >= 0.6 is 27.3 Å². The zero-order valence-electron chi connectivity index (χ0n) is 13.7. The number of rotatable bonds is 5. The highest BCUT2D eigenvalue weighted by Crippen LogP contribution is 2.38. The third-order valence-electron chi connectivity index (χ3n) is 3.50. The highest BCUT2D eigenvalue weighted by Gasteiger charge is 2.13. The number of thiazole rings is 1. The number of para-hydroxylation sites is 1. The number of benzene rings is 2. The molecule has 6 heteroatoms. The Bertz CT molecular complexity index is 956. The van der Waals surface area contributed by atoms with Crippen LogP contribution in [0.15, 0.2) is 40.9 Å². The molecule has 0 bridgehead atoms. The highest BCUT2D eigenvalue weighted by atomic mass is 79.9. The van der Waals surface area contributed by atoms with Crippen molar-refractivity contribution in [3.8, 4) is 17.6 Å². The lowest BCUT2D eigenvalue weighted by atomic mass is 10.1. The Kier molecular flexibility index (Phi) is 5.37. The first kappa shape index (κ1) is 17.5. The fourth-order valence-electron chi connectivity index (χ4n) is 2.40. The first-order valence-corrected chi connectivity index (χ1v) is 9.25. The molecule has 0 N–H and O–H groups in total. The van der Waals surface area contributed by atoms with E-state index in [0.29, 0.717) is 28.7 Å². The van der Waals surface area contributed by atoms with Crippen molar-refractivity contribution in [2.75, 3.05) is 13.7 Å². The number of ether oxygens (including phenoxy) is 2. The molecule has 0 unspecified atom stereocenters. The molecule has 2 aromatic carbocycles. The van der Waals surface area contributed by atoms with Crippen LogP contribution in [-0.4, -0.2) is 18.7 Å². The minimum Gasteiger partial charge on any atom is -0.493 e. The molecule has 3 rings (SSSR count). The van der Waals surface area contributed by atoms with E-state index < -0.39 is 0 Å². The van der Waals surface area contributed by atoms with Crippen LogP contribution < -0.4 is 9.47 Å². The molecule has 1 aromatic heterocycles. The average Bonchev–Trinajstić information content (AvgIpc) is 3.05. The number of nitrogens with zero attached hydrogens (tertiary/aromatic N) is 2. The monoisotopic (exact) mass is 414 g/mol. The normalized spacial score (nSPS) is 11.4. The number of fused-ring (bicyclic) bond motifs is 1. The summed E-state index contributed by atoms with van der Waals surface area (Å²) in [4.78, 5) is 4.55. The number of aromatic nitrogens is 1. The lowest BCUT2D eigenvalue weighted by Crippen LogP contribution is -1.97. The third-order valence-corrected chi connectivity index (χ3v) is 5.15. The maximum absolute atomic E-state index is 9.58. The van der Waals surface area contributed by atoms with Crippen LogP contribution in [0.2, 0.25) is 0 Å². The summed E-state index contributed by atoms with van der Waals surface area (Å²) in [5.74, 6) is 1.27. The minimum atomic E-state index is 0.513. The summed E-state index contributed by atoms with van der Waals surface area (Å²) in [5.41, 5.74) is 2.25. The molecule has 0 saturated carbocycles. The molecular weight excluding hydrogens is 400 g/mol. The summed E-state index contributed by atoms with van der Waals surface area (Å²) in [7, 11) is 1.59. The Morgan fingerprint density at radius 3 is 2.84 bits per heavy atom. The zero-order chi connectivity index (χ0) is 17.8. The van der Waals surface area contributed by atoms with Crippen LogP contribution in [0, 0.1) is 11.3 Å². The van der Waals surface area contributed by atoms with Crippen LogP contribution in [-0.2, 0) is 0 Å². The van der Waals surface area contributed by atoms with E-state index in [4.69, 9.17) is 9.47 Å². The van der Waals surface area contributed by atoms with Crippen molar-refractivity contribution in [2.45, 2.75) is 6.92 Å². The molecule has 3 aromatic rings. The van der Waals surface area contributed by atoms with Gasteiger partial charge in [-0.2, -0.15) is 5.26 Å². The molecule has 1 heterocycles. The SMILES string of the molecule is CCOc1c(Br)cc(C=C(C#N)c2nc3ccccc3s2)cc1OC. The predicted molar refractivity (Wildman–Crippen MR) is 105 cm³/mol. The molecular formula is C19H15BrN2O2S. The van der Waals surface area contributed by atoms with E-state index in [1.165, 1.54) is 11.3 Å². The number of hydrogen-bond donors (Lipinski definition) is 0. The summed E-state index contributed by atoms with van der Waals surface area (Å²) < 4.78 is 12.8. The van der Waals surface area contributed by atoms with Crippen molar-refractivity contribution in [1.29, 1.82) is 5.26 Å². The van der Waals surface area contributed by atoms with Gasteiger partial charge in [-0.3, -0.25) is 0 Å². The molecule has 0 amide bonds. The molecule has 0 aliphatic carbocycles. The summed E-state index contributed by atoms with van der Waals surface area (Å²) >= 11 is 5.01. The van der Waals surface area contributed by atoms with Crippen LogP contribution in [0.25, 0.3) is 21.9 Å². The summed E-state index contributed by atoms with van der Waals surface area (Å²) in [6.07, 6.45) is 1.81. The molecule has 4 nitrogen and oxygen atoms in total. The lowest BCUT2D eigenvalue weighted by molar-refractivity contribution is 0.309. The molecule has 0 aliphatic rings. The van der Waals surface area contributed by atoms with Crippen molar-refractivity contribution in [3.05, 3.63) is 51.4 Å². The smallest absolute Gasteiger partial charge is 0.175 e. The van der Waals surface area contributed by atoms with Crippen LogP contribution in [0.3, 0.4) is 0 Å². The Balaban J connectivity index is 2.05. The van der Waals surface area contributed by atoms with Gasteiger partial charge in [-0.15, -0.1) is 11.3 Å². The first-order valence-electron chi connectivity index (χ1n) is 7.64. The number of allylic oxidation sites excluding steroid dienone is 1. The standard InChI is InChI=1S/C19H15BrN2O2S/c1-3-24-18-14(20)9-12(10-16(18)23-2)8-13(11-21)19-22-15-6-4-5-7-17(15)25-19/h4-10H,3H2,1-2H3. The molecule has 0 radical (unpaired) electrons. The third kappa shape index (κ3) is 3.68. The van der Waals surface area contributed by atoms with E-state index >= 15 is 0 Å². The van der Waals surface area contributed by atoms with Crippen LogP contribution in [0.1, 0.15) is 17.5 Å². The Morgan fingerprint density at radius 1 is 1.36 bits per heavy atom. The molecule has 0 fully saturated rings. The topological polar surface area (TPSA) is 55.1 Å². The molecule has 25 heavy (non-hydrogen) atoms. The van der Waals surface area contributed by atoms with E-state index in [1.54, 1.807) is 13.2 Å². The second-order valence-electron chi connectivity index (χ2n) is 5.12. The van der Waals surface area contributed by atoms with Gasteiger partial charge >= 0.3 is 0 Å². The molecule has 0 atom stereocenters. The van der Waals surface area contributed by atoms with Crippen molar-refractivity contribution < 1.29 is 9.47 Å². The fourth-order valence-corrected chi connectivity index (χ4v) is 3.91. The van der Waals surface area contributed by atoms with Gasteiger partial charge in [-0.25, -0.2) is 4.98 Å². The van der Waals surface area contributed by atoms with E-state index in [0.717, 1.165) is 20.3 Å². The second-order valence-corrected chi connectivity index (χ2v) is 7.01. The Labute approximate surface area is 158 Å². The lowest BCUT2D eigenvalue weighted by Gasteiger charge is -2.12. The van der Waals surface area contributed by atoms with Crippen molar-refractivity contribution >= 4 is 49.1 Å². The Morgan fingerprint density at radius 2 is 2.16 bits per heavy atom. The largest absolute Gasteiger partial charge is 0.493 e. The van der Waals surface area contributed by atoms with E-state index in [9.17, 15) is 5.26 Å². The van der Waals surface area contributed by atoms with Gasteiger partial charge in [0, 0.05) is 0 Å². The summed E-state index contributed by atoms with van der Waals surface area (Å²) in [6.45, 7) is 2.46. The van der Waals surface area contributed by atoms with E-state index in [-0.39, 0.29) is 0 Å². The van der Waals surface area contributed by atoms with Gasteiger partial charge in [0.25, 0.3) is 0 Å². The number of methoxy groups -OCH3 is 1. The minimum absolute atomic E-state index is 0.513. The maximum atomic E-state index is 9.58. The second kappa shape index (κ2) is 7.68. The van der Waals surface area contributed by atoms with Crippen LogP contribution in [0.5, 0.6) is 11.5 Å². The number of hydrogen-bond acceptors (Lipinski definition) is 5. The van der Waals surface area contributed by atoms with Gasteiger partial charge < -0.3 is 9.47 Å². The van der Waals surface area contributed by atoms with E-state index in [2.05, 4.69) is 27.0 Å². The summed E-state index contributed by atoms with van der Waals surface area (Å²) in [5, 5.41) is 10.3. The predicted octanol–water partition coefficient (Wildman–Crippen LogP) is 5.53. The quantitative estimate of drug-likeness (QED) is 0.514. The van der Waals surface area contributed by atoms with Gasteiger partial charge in [0.05, 0.1) is 34.0 Å². The van der Waals surface area contributed by atoms with Crippen molar-refractivity contribution in [2.24, 2.45) is 0 Å². The van der Waals surface area contributed by atoms with Gasteiger partial charge in [0.15, 0.2) is 11.5 Å². The highest BCUT2D eigenvalue weighted by molar-refractivity contribution is 9.10. The summed E-state index contributed by atoms with van der Waals surface area (Å²) in [6, 6.07) is 13.8. The Hall–Kier alpha value is -2.36. The number of halogens is 1. The molecule has 0 aliphatic heterocycles. The molecule has 0 saturated heterocycles. The zero-order valence-corrected chi connectivity index (χ0v) is 16.1. The van der Waals surface area contributed by atoms with Gasteiger partial charge in [0.2, 0.25) is 0 Å².